The van der Waals surface area contributed by atoms with E-state index in [1.165, 1.54) is 0 Å². The molecular weight excluding hydrogens is 419 g/mol. The van der Waals surface area contributed by atoms with E-state index in [2.05, 4.69) is 48.3 Å². The second-order valence-electron chi connectivity index (χ2n) is 6.45. The topological polar surface area (TPSA) is 69.1 Å². The monoisotopic (exact) mass is 458 g/mol. The summed E-state index contributed by atoms with van der Waals surface area (Å²) in [6.45, 7) is 11.8. The smallest absolute Gasteiger partial charge is 0.191 e. The van der Waals surface area contributed by atoms with Crippen LogP contribution in [0.25, 0.3) is 0 Å². The van der Waals surface area contributed by atoms with E-state index < -0.39 is 0 Å². The summed E-state index contributed by atoms with van der Waals surface area (Å²) in [5.74, 6) is 1.94. The highest BCUT2D eigenvalue weighted by molar-refractivity contribution is 14.0. The number of guanidine groups is 1. The Balaban J connectivity index is 0. The molecule has 0 saturated heterocycles. The van der Waals surface area contributed by atoms with Gasteiger partial charge in [0, 0.05) is 46.4 Å². The van der Waals surface area contributed by atoms with Gasteiger partial charge in [0.25, 0.3) is 0 Å². The summed E-state index contributed by atoms with van der Waals surface area (Å²) in [4.78, 5) is 6.91. The lowest BCUT2D eigenvalue weighted by Gasteiger charge is -2.19. The van der Waals surface area contributed by atoms with Crippen LogP contribution in [0.3, 0.4) is 0 Å². The van der Waals surface area contributed by atoms with Gasteiger partial charge >= 0.3 is 0 Å². The highest BCUT2D eigenvalue weighted by Gasteiger charge is 2.10. The third-order valence-corrected chi connectivity index (χ3v) is 3.66. The molecule has 0 aromatic carbocycles. The molecule has 0 radical (unpaired) electrons. The lowest BCUT2D eigenvalue weighted by molar-refractivity contribution is 0.162. The average Bonchev–Trinajstić information content (AvgIpc) is 2.50. The van der Waals surface area contributed by atoms with Gasteiger partial charge in [-0.1, -0.05) is 13.8 Å². The lowest BCUT2D eigenvalue weighted by atomic mass is 9.94. The Morgan fingerprint density at radius 2 is 1.96 bits per heavy atom. The Hall–Kier alpha value is -0.120. The second-order valence-corrected chi connectivity index (χ2v) is 6.45. The summed E-state index contributed by atoms with van der Waals surface area (Å²) < 4.78 is 5.08. The number of aliphatic hydroxyl groups is 1. The maximum atomic E-state index is 9.20. The highest BCUT2D eigenvalue weighted by atomic mass is 127. The van der Waals surface area contributed by atoms with Gasteiger partial charge in [-0.05, 0) is 38.6 Å². The van der Waals surface area contributed by atoms with Gasteiger partial charge in [0.2, 0.25) is 0 Å². The van der Waals surface area contributed by atoms with Gasteiger partial charge in [-0.2, -0.15) is 0 Å². The minimum absolute atomic E-state index is 0. The first-order valence-corrected chi connectivity index (χ1v) is 8.83. The number of nitrogens with one attached hydrogen (secondary N) is 2. The fourth-order valence-corrected chi connectivity index (χ4v) is 2.42. The predicted molar refractivity (Wildman–Crippen MR) is 113 cm³/mol. The van der Waals surface area contributed by atoms with Crippen molar-refractivity contribution < 1.29 is 9.84 Å². The van der Waals surface area contributed by atoms with Crippen molar-refractivity contribution in [1.82, 2.24) is 15.5 Å². The van der Waals surface area contributed by atoms with Crippen LogP contribution in [0.1, 0.15) is 33.6 Å². The van der Waals surface area contributed by atoms with Gasteiger partial charge in [0.05, 0.1) is 6.61 Å². The van der Waals surface area contributed by atoms with Crippen molar-refractivity contribution in [3.05, 3.63) is 0 Å². The second kappa shape index (κ2) is 17.7. The van der Waals surface area contributed by atoms with Crippen LogP contribution >= 0.6 is 24.0 Å². The summed E-state index contributed by atoms with van der Waals surface area (Å²) in [5.41, 5.74) is 0. The molecule has 7 heteroatoms. The quantitative estimate of drug-likeness (QED) is 0.223. The van der Waals surface area contributed by atoms with Crippen LogP contribution in [0, 0.1) is 11.8 Å². The molecule has 0 spiro atoms. The fraction of sp³-hybridized carbons (Fsp3) is 0.941. The number of aliphatic imine (C=N–C) groups is 1. The number of rotatable bonds is 13. The molecule has 1 unspecified atom stereocenters. The first-order chi connectivity index (χ1) is 11.0. The number of methoxy groups -OCH3 is 1. The number of aliphatic hydroxyl groups excluding tert-OH is 1. The van der Waals surface area contributed by atoms with Crippen molar-refractivity contribution >= 4 is 29.9 Å². The third kappa shape index (κ3) is 15.4. The molecule has 0 amide bonds. The Bertz CT molecular complexity index is 304. The molecule has 146 valence electrons. The fourth-order valence-electron chi connectivity index (χ4n) is 2.42. The van der Waals surface area contributed by atoms with Crippen LogP contribution in [0.15, 0.2) is 4.99 Å². The maximum Gasteiger partial charge on any atom is 0.191 e. The molecule has 0 fully saturated rings. The van der Waals surface area contributed by atoms with Gasteiger partial charge in [0.1, 0.15) is 0 Å². The number of nitrogens with zero attached hydrogens (tertiary/aromatic N) is 2. The first kappa shape index (κ1) is 26.1. The van der Waals surface area contributed by atoms with Gasteiger partial charge in [-0.25, -0.2) is 0 Å². The number of hydrogen-bond acceptors (Lipinski definition) is 4. The van der Waals surface area contributed by atoms with E-state index in [0.717, 1.165) is 58.1 Å². The molecule has 1 atom stereocenters. The minimum Gasteiger partial charge on any atom is -0.396 e. The van der Waals surface area contributed by atoms with E-state index in [-0.39, 0.29) is 30.6 Å². The molecule has 3 N–H and O–H groups in total. The molecule has 0 aromatic heterocycles. The Morgan fingerprint density at radius 3 is 2.50 bits per heavy atom. The van der Waals surface area contributed by atoms with Crippen LogP contribution < -0.4 is 10.6 Å². The van der Waals surface area contributed by atoms with Crippen LogP contribution in [-0.2, 0) is 4.74 Å². The zero-order valence-electron chi connectivity index (χ0n) is 16.2. The molecule has 0 aliphatic rings. The predicted octanol–water partition coefficient (Wildman–Crippen LogP) is 1.78. The zero-order chi connectivity index (χ0) is 17.5. The number of hydrogen-bond donors (Lipinski definition) is 3. The van der Waals surface area contributed by atoms with Crippen LogP contribution in [0.5, 0.6) is 0 Å². The molecule has 0 bridgehead atoms. The molecule has 0 aliphatic carbocycles. The van der Waals surface area contributed by atoms with Gasteiger partial charge < -0.3 is 25.4 Å². The number of likely N-dealkylation sites (N-methyl/N-ethyl adjacent to an activating group) is 1. The third-order valence-electron chi connectivity index (χ3n) is 3.66. The molecule has 0 rings (SSSR count). The zero-order valence-corrected chi connectivity index (χ0v) is 18.5. The first-order valence-electron chi connectivity index (χ1n) is 8.83. The molecule has 6 nitrogen and oxygen atoms in total. The SMILES string of the molecule is CCNC(=NCC(CCO)CC(C)C)NCCN(C)CCOC.I. The molecular formula is C17H39IN4O2. The summed E-state index contributed by atoms with van der Waals surface area (Å²) in [7, 11) is 3.81. The Labute approximate surface area is 165 Å². The highest BCUT2D eigenvalue weighted by Crippen LogP contribution is 2.15. The summed E-state index contributed by atoms with van der Waals surface area (Å²) in [5, 5.41) is 15.9. The van der Waals surface area contributed by atoms with Crippen molar-refractivity contribution in [3.8, 4) is 0 Å². The van der Waals surface area contributed by atoms with Crippen LogP contribution in [-0.4, -0.2) is 76.1 Å². The van der Waals surface area contributed by atoms with E-state index in [0.29, 0.717) is 11.8 Å². The van der Waals surface area contributed by atoms with E-state index >= 15 is 0 Å². The van der Waals surface area contributed by atoms with Gasteiger partial charge in [0.15, 0.2) is 5.96 Å². The number of ether oxygens (including phenoxy) is 1. The Kier molecular flexibility index (Phi) is 19.3. The average molecular weight is 458 g/mol. The molecule has 0 heterocycles. The lowest BCUT2D eigenvalue weighted by Crippen LogP contribution is -2.41. The van der Waals surface area contributed by atoms with Crippen LogP contribution in [0.2, 0.25) is 0 Å². The van der Waals surface area contributed by atoms with Crippen molar-refractivity contribution in [2.75, 3.05) is 60.1 Å². The number of halogens is 1. The largest absolute Gasteiger partial charge is 0.396 e. The van der Waals surface area contributed by atoms with Crippen molar-refractivity contribution in [1.29, 1.82) is 0 Å². The summed E-state index contributed by atoms with van der Waals surface area (Å²) in [6, 6.07) is 0. The van der Waals surface area contributed by atoms with E-state index in [1.807, 2.05) is 0 Å². The molecule has 0 aromatic rings. The minimum atomic E-state index is 0. The van der Waals surface area contributed by atoms with E-state index in [1.54, 1.807) is 7.11 Å². The summed E-state index contributed by atoms with van der Waals surface area (Å²) >= 11 is 0. The molecule has 0 aliphatic heterocycles. The maximum absolute atomic E-state index is 9.20. The standard InChI is InChI=1S/C17H38N4O2.HI/c1-6-18-17(19-8-9-21(4)10-12-23-5)20-14-16(7-11-22)13-15(2)3;/h15-16,22H,6-14H2,1-5H3,(H2,18,19,20);1H. The molecule has 0 saturated carbocycles. The Morgan fingerprint density at radius 1 is 1.25 bits per heavy atom. The van der Waals surface area contributed by atoms with Crippen LogP contribution in [0.4, 0.5) is 0 Å². The van der Waals surface area contributed by atoms with Crippen molar-refractivity contribution in [2.24, 2.45) is 16.8 Å². The van der Waals surface area contributed by atoms with Gasteiger partial charge in [-0.3, -0.25) is 4.99 Å². The summed E-state index contributed by atoms with van der Waals surface area (Å²) in [6.07, 6.45) is 1.92. The van der Waals surface area contributed by atoms with Gasteiger partial charge in [-0.15, -0.1) is 24.0 Å². The van der Waals surface area contributed by atoms with Crippen molar-refractivity contribution in [2.45, 2.75) is 33.6 Å². The van der Waals surface area contributed by atoms with E-state index in [9.17, 15) is 5.11 Å². The molecule has 24 heavy (non-hydrogen) atoms. The van der Waals surface area contributed by atoms with E-state index in [4.69, 9.17) is 4.74 Å². The van der Waals surface area contributed by atoms with Crippen molar-refractivity contribution in [3.63, 3.8) is 0 Å². The normalized spacial score (nSPS) is 13.1.